The minimum absolute atomic E-state index is 0.129. The molecular weight excluding hydrogens is 314 g/mol. The number of aromatic amines is 2. The number of rotatable bonds is 5. The van der Waals surface area contributed by atoms with Gasteiger partial charge in [0.25, 0.3) is 5.56 Å². The number of aryl methyl sites for hydroxylation is 3. The van der Waals surface area contributed by atoms with E-state index < -0.39 is 0 Å². The van der Waals surface area contributed by atoms with E-state index in [2.05, 4.69) is 44.2 Å². The maximum atomic E-state index is 11.7. The molecule has 2 N–H and O–H groups in total. The minimum Gasteiger partial charge on any atom is -0.307 e. The molecule has 2 heterocycles. The molecule has 130 valence electrons. The molecule has 0 amide bonds. The van der Waals surface area contributed by atoms with E-state index >= 15 is 0 Å². The molecule has 0 radical (unpaired) electrons. The third-order valence-electron chi connectivity index (χ3n) is 4.23. The SMILES string of the molecule is Cc1cc(=O)[nH]c(-c2cccc(CN(C)Cc3c(C)n[nH]c3C)c2)n1. The van der Waals surface area contributed by atoms with E-state index in [9.17, 15) is 4.79 Å². The van der Waals surface area contributed by atoms with Gasteiger partial charge in [-0.1, -0.05) is 18.2 Å². The van der Waals surface area contributed by atoms with Gasteiger partial charge in [0.2, 0.25) is 0 Å². The van der Waals surface area contributed by atoms with Crippen LogP contribution in [0, 0.1) is 20.8 Å². The summed E-state index contributed by atoms with van der Waals surface area (Å²) in [6, 6.07) is 9.61. The lowest BCUT2D eigenvalue weighted by Crippen LogP contribution is -2.18. The summed E-state index contributed by atoms with van der Waals surface area (Å²) in [6.07, 6.45) is 0. The van der Waals surface area contributed by atoms with Crippen LogP contribution in [0.1, 0.15) is 28.2 Å². The first-order valence-corrected chi connectivity index (χ1v) is 8.28. The third-order valence-corrected chi connectivity index (χ3v) is 4.23. The minimum atomic E-state index is -0.129. The lowest BCUT2D eigenvalue weighted by molar-refractivity contribution is 0.318. The van der Waals surface area contributed by atoms with Crippen molar-refractivity contribution in [3.8, 4) is 11.4 Å². The Balaban J connectivity index is 1.78. The fourth-order valence-corrected chi connectivity index (χ4v) is 2.98. The standard InChI is InChI=1S/C19H23N5O/c1-12-8-18(25)21-19(20-12)16-7-5-6-15(9-16)10-24(4)11-17-13(2)22-23-14(17)3/h5-9H,10-11H2,1-4H3,(H,22,23)(H,20,21,25). The van der Waals surface area contributed by atoms with E-state index in [-0.39, 0.29) is 5.56 Å². The second-order valence-corrected chi connectivity index (χ2v) is 6.52. The smallest absolute Gasteiger partial charge is 0.251 e. The first-order valence-electron chi connectivity index (χ1n) is 8.28. The maximum absolute atomic E-state index is 11.7. The molecular formula is C19H23N5O. The van der Waals surface area contributed by atoms with Gasteiger partial charge in [0.15, 0.2) is 0 Å². The molecule has 0 saturated heterocycles. The summed E-state index contributed by atoms with van der Waals surface area (Å²) >= 11 is 0. The molecule has 0 aliphatic heterocycles. The second-order valence-electron chi connectivity index (χ2n) is 6.52. The van der Waals surface area contributed by atoms with Gasteiger partial charge in [0.05, 0.1) is 5.69 Å². The highest BCUT2D eigenvalue weighted by Crippen LogP contribution is 2.18. The normalized spacial score (nSPS) is 11.2. The van der Waals surface area contributed by atoms with Crippen LogP contribution in [0.4, 0.5) is 0 Å². The molecule has 0 bridgehead atoms. The number of hydrogen-bond acceptors (Lipinski definition) is 4. The van der Waals surface area contributed by atoms with Crippen LogP contribution in [0.25, 0.3) is 11.4 Å². The van der Waals surface area contributed by atoms with Crippen LogP contribution in [0.3, 0.4) is 0 Å². The number of nitrogens with one attached hydrogen (secondary N) is 2. The number of H-pyrrole nitrogens is 2. The van der Waals surface area contributed by atoms with Crippen LogP contribution < -0.4 is 5.56 Å². The molecule has 6 heteroatoms. The van der Waals surface area contributed by atoms with Crippen molar-refractivity contribution in [1.29, 1.82) is 0 Å². The van der Waals surface area contributed by atoms with Crippen molar-refractivity contribution in [2.45, 2.75) is 33.9 Å². The number of nitrogens with zero attached hydrogens (tertiary/aromatic N) is 3. The van der Waals surface area contributed by atoms with Crippen molar-refractivity contribution in [1.82, 2.24) is 25.1 Å². The van der Waals surface area contributed by atoms with Gasteiger partial charge in [-0.3, -0.25) is 14.8 Å². The summed E-state index contributed by atoms with van der Waals surface area (Å²) in [5.41, 5.74) is 6.07. The van der Waals surface area contributed by atoms with Crippen molar-refractivity contribution >= 4 is 0 Å². The number of aromatic nitrogens is 4. The topological polar surface area (TPSA) is 77.7 Å². The Kier molecular flexibility index (Phi) is 4.81. The Bertz CT molecular complexity index is 921. The summed E-state index contributed by atoms with van der Waals surface area (Å²) in [4.78, 5) is 21.2. The Labute approximate surface area is 146 Å². The lowest BCUT2D eigenvalue weighted by Gasteiger charge is -2.17. The number of benzene rings is 1. The molecule has 6 nitrogen and oxygen atoms in total. The van der Waals surface area contributed by atoms with E-state index in [4.69, 9.17) is 0 Å². The third kappa shape index (κ3) is 4.03. The Hall–Kier alpha value is -2.73. The largest absolute Gasteiger partial charge is 0.307 e. The van der Waals surface area contributed by atoms with Crippen LogP contribution in [-0.2, 0) is 13.1 Å². The van der Waals surface area contributed by atoms with Gasteiger partial charge in [0.1, 0.15) is 5.82 Å². The highest BCUT2D eigenvalue weighted by atomic mass is 16.1. The van der Waals surface area contributed by atoms with Crippen molar-refractivity contribution in [2.75, 3.05) is 7.05 Å². The zero-order valence-corrected chi connectivity index (χ0v) is 15.1. The molecule has 0 spiro atoms. The van der Waals surface area contributed by atoms with E-state index in [1.165, 1.54) is 17.2 Å². The zero-order chi connectivity index (χ0) is 18.0. The van der Waals surface area contributed by atoms with Crippen LogP contribution in [0.5, 0.6) is 0 Å². The van der Waals surface area contributed by atoms with Gasteiger partial charge in [-0.25, -0.2) is 4.98 Å². The van der Waals surface area contributed by atoms with Crippen molar-refractivity contribution in [3.63, 3.8) is 0 Å². The summed E-state index contributed by atoms with van der Waals surface area (Å²) < 4.78 is 0. The highest BCUT2D eigenvalue weighted by molar-refractivity contribution is 5.55. The van der Waals surface area contributed by atoms with E-state index in [0.29, 0.717) is 11.5 Å². The van der Waals surface area contributed by atoms with Gasteiger partial charge in [-0.2, -0.15) is 5.10 Å². The van der Waals surface area contributed by atoms with Crippen LogP contribution >= 0.6 is 0 Å². The maximum Gasteiger partial charge on any atom is 0.251 e. The van der Waals surface area contributed by atoms with Gasteiger partial charge < -0.3 is 4.98 Å². The predicted molar refractivity (Wildman–Crippen MR) is 98.3 cm³/mol. The molecule has 0 fully saturated rings. The summed E-state index contributed by atoms with van der Waals surface area (Å²) in [7, 11) is 2.09. The number of hydrogen-bond donors (Lipinski definition) is 2. The molecule has 0 aliphatic rings. The fourth-order valence-electron chi connectivity index (χ4n) is 2.98. The second kappa shape index (κ2) is 7.03. The Morgan fingerprint density at radius 2 is 1.92 bits per heavy atom. The van der Waals surface area contributed by atoms with Gasteiger partial charge in [-0.05, 0) is 39.4 Å². The monoisotopic (exact) mass is 337 g/mol. The quantitative estimate of drug-likeness (QED) is 0.750. The molecule has 3 aromatic rings. The summed E-state index contributed by atoms with van der Waals surface area (Å²) in [5.74, 6) is 0.607. The first-order chi connectivity index (χ1) is 11.9. The molecule has 1 aromatic carbocycles. The average molecular weight is 337 g/mol. The van der Waals surface area contributed by atoms with Crippen LogP contribution in [-0.4, -0.2) is 32.1 Å². The van der Waals surface area contributed by atoms with Gasteiger partial charge in [0, 0.05) is 41.7 Å². The highest BCUT2D eigenvalue weighted by Gasteiger charge is 2.10. The van der Waals surface area contributed by atoms with E-state index in [0.717, 1.165) is 30.0 Å². The molecule has 25 heavy (non-hydrogen) atoms. The van der Waals surface area contributed by atoms with Gasteiger partial charge >= 0.3 is 0 Å². The lowest BCUT2D eigenvalue weighted by atomic mass is 10.1. The summed E-state index contributed by atoms with van der Waals surface area (Å²) in [5, 5.41) is 7.28. The van der Waals surface area contributed by atoms with Crippen molar-refractivity contribution in [2.24, 2.45) is 0 Å². The predicted octanol–water partition coefficient (Wildman–Crippen LogP) is 2.72. The van der Waals surface area contributed by atoms with Crippen molar-refractivity contribution in [3.05, 3.63) is 68.9 Å². The Morgan fingerprint density at radius 3 is 2.60 bits per heavy atom. The van der Waals surface area contributed by atoms with Gasteiger partial charge in [-0.15, -0.1) is 0 Å². The molecule has 0 unspecified atom stereocenters. The van der Waals surface area contributed by atoms with E-state index in [1.807, 2.05) is 32.9 Å². The molecule has 0 saturated carbocycles. The fraction of sp³-hybridized carbons (Fsp3) is 0.316. The van der Waals surface area contributed by atoms with Crippen molar-refractivity contribution < 1.29 is 0 Å². The molecule has 0 aliphatic carbocycles. The molecule has 0 atom stereocenters. The zero-order valence-electron chi connectivity index (χ0n) is 15.1. The van der Waals surface area contributed by atoms with E-state index in [1.54, 1.807) is 0 Å². The van der Waals surface area contributed by atoms with Crippen LogP contribution in [0.2, 0.25) is 0 Å². The Morgan fingerprint density at radius 1 is 1.12 bits per heavy atom. The molecule has 3 rings (SSSR count). The molecule has 2 aromatic heterocycles. The van der Waals surface area contributed by atoms with Crippen LogP contribution in [0.15, 0.2) is 35.1 Å². The summed E-state index contributed by atoms with van der Waals surface area (Å²) in [6.45, 7) is 7.52. The average Bonchev–Trinajstić information content (AvgIpc) is 2.86. The first kappa shape index (κ1) is 17.1.